The molecule has 18 heavy (non-hydrogen) atoms. The summed E-state index contributed by atoms with van der Waals surface area (Å²) in [5.41, 5.74) is 0.648. The Hall–Kier alpha value is -1.43. The lowest BCUT2D eigenvalue weighted by Gasteiger charge is -1.98. The molecule has 0 atom stereocenters. The quantitative estimate of drug-likeness (QED) is 0.666. The molecular formula is C11H5Cl2N3OS. The molecule has 0 aliphatic carbocycles. The molecule has 3 aromatic heterocycles. The normalized spacial score (nSPS) is 10.8. The van der Waals surface area contributed by atoms with E-state index in [4.69, 9.17) is 27.6 Å². The van der Waals surface area contributed by atoms with Gasteiger partial charge in [0, 0.05) is 0 Å². The molecule has 0 radical (unpaired) electrons. The minimum absolute atomic E-state index is 0.284. The van der Waals surface area contributed by atoms with Crippen molar-refractivity contribution in [3.63, 3.8) is 0 Å². The Morgan fingerprint density at radius 2 is 2.00 bits per heavy atom. The number of pyridine rings is 1. The number of halogens is 2. The van der Waals surface area contributed by atoms with Crippen LogP contribution in [0.5, 0.6) is 0 Å². The zero-order valence-corrected chi connectivity index (χ0v) is 11.1. The molecule has 0 N–H and O–H groups in total. The summed E-state index contributed by atoms with van der Waals surface area (Å²) in [7, 11) is 0. The summed E-state index contributed by atoms with van der Waals surface area (Å²) < 4.78 is 9.49. The highest BCUT2D eigenvalue weighted by molar-refractivity contribution is 7.09. The van der Waals surface area contributed by atoms with E-state index in [-0.39, 0.29) is 5.15 Å². The average molecular weight is 298 g/mol. The molecule has 0 saturated heterocycles. The minimum atomic E-state index is 0.284. The molecule has 0 saturated carbocycles. The fourth-order valence-electron chi connectivity index (χ4n) is 1.41. The first-order valence-electron chi connectivity index (χ1n) is 4.94. The molecule has 0 spiro atoms. The second kappa shape index (κ2) is 4.68. The van der Waals surface area contributed by atoms with Crippen molar-refractivity contribution in [3.8, 4) is 22.2 Å². The Labute approximate surface area is 116 Å². The van der Waals surface area contributed by atoms with Gasteiger partial charge in [-0.2, -0.15) is 4.37 Å². The van der Waals surface area contributed by atoms with Gasteiger partial charge in [-0.3, -0.25) is 0 Å². The van der Waals surface area contributed by atoms with Crippen LogP contribution in [0.3, 0.4) is 0 Å². The first kappa shape index (κ1) is 11.6. The highest BCUT2D eigenvalue weighted by Crippen LogP contribution is 2.30. The summed E-state index contributed by atoms with van der Waals surface area (Å²) in [6, 6.07) is 7.02. The van der Waals surface area contributed by atoms with Crippen molar-refractivity contribution in [2.75, 3.05) is 0 Å². The third-order valence-electron chi connectivity index (χ3n) is 2.21. The van der Waals surface area contributed by atoms with Crippen LogP contribution in [0.2, 0.25) is 10.3 Å². The van der Waals surface area contributed by atoms with E-state index in [1.807, 2.05) is 6.07 Å². The molecule has 3 rings (SSSR count). The van der Waals surface area contributed by atoms with Gasteiger partial charge in [0.1, 0.15) is 10.3 Å². The second-order valence-corrected chi connectivity index (χ2v) is 4.87. The number of rotatable bonds is 2. The third kappa shape index (κ3) is 2.12. The lowest BCUT2D eigenvalue weighted by Crippen LogP contribution is -1.86. The maximum Gasteiger partial charge on any atom is 0.179 e. The molecule has 0 unspecified atom stereocenters. The number of furan rings is 1. The highest BCUT2D eigenvalue weighted by Gasteiger charge is 2.13. The molecule has 4 nitrogen and oxygen atoms in total. The average Bonchev–Trinajstić information content (AvgIpc) is 2.99. The highest BCUT2D eigenvalue weighted by atomic mass is 35.5. The van der Waals surface area contributed by atoms with E-state index in [1.165, 1.54) is 11.5 Å². The molecule has 90 valence electrons. The van der Waals surface area contributed by atoms with Gasteiger partial charge in [0.25, 0.3) is 0 Å². The van der Waals surface area contributed by atoms with Crippen LogP contribution >= 0.6 is 34.7 Å². The van der Waals surface area contributed by atoms with E-state index in [0.29, 0.717) is 27.3 Å². The Morgan fingerprint density at radius 1 is 1.11 bits per heavy atom. The van der Waals surface area contributed by atoms with Crippen LogP contribution in [0, 0.1) is 0 Å². The topological polar surface area (TPSA) is 51.8 Å². The first-order chi connectivity index (χ1) is 8.74. The van der Waals surface area contributed by atoms with Crippen LogP contribution in [0.25, 0.3) is 22.2 Å². The van der Waals surface area contributed by atoms with E-state index in [0.717, 1.165) is 0 Å². The van der Waals surface area contributed by atoms with Gasteiger partial charge < -0.3 is 4.42 Å². The van der Waals surface area contributed by atoms with Crippen molar-refractivity contribution in [2.24, 2.45) is 0 Å². The van der Waals surface area contributed by atoms with E-state index in [9.17, 15) is 0 Å². The Morgan fingerprint density at radius 3 is 2.72 bits per heavy atom. The van der Waals surface area contributed by atoms with Gasteiger partial charge in [-0.25, -0.2) is 9.97 Å². The van der Waals surface area contributed by atoms with Crippen LogP contribution in [-0.4, -0.2) is 14.3 Å². The SMILES string of the molecule is Clc1ccc(-c2nsc(-c3ccco3)n2)c(Cl)n1. The van der Waals surface area contributed by atoms with Crippen molar-refractivity contribution in [1.82, 2.24) is 14.3 Å². The fourth-order valence-corrected chi connectivity index (χ4v) is 2.49. The van der Waals surface area contributed by atoms with Gasteiger partial charge in [-0.15, -0.1) is 0 Å². The van der Waals surface area contributed by atoms with Crippen LogP contribution in [0.4, 0.5) is 0 Å². The van der Waals surface area contributed by atoms with Gasteiger partial charge >= 0.3 is 0 Å². The minimum Gasteiger partial charge on any atom is -0.462 e. The Kier molecular flexibility index (Phi) is 3.03. The number of nitrogens with zero attached hydrogens (tertiary/aromatic N) is 3. The van der Waals surface area contributed by atoms with Crippen molar-refractivity contribution < 1.29 is 4.42 Å². The molecule has 0 fully saturated rings. The zero-order chi connectivity index (χ0) is 12.5. The van der Waals surface area contributed by atoms with Gasteiger partial charge in [0.05, 0.1) is 11.8 Å². The van der Waals surface area contributed by atoms with Gasteiger partial charge in [-0.1, -0.05) is 23.2 Å². The van der Waals surface area contributed by atoms with Gasteiger partial charge in [0.15, 0.2) is 16.6 Å². The molecule has 3 aromatic rings. The predicted octanol–water partition coefficient (Wildman–Crippen LogP) is 4.17. The van der Waals surface area contributed by atoms with Crippen molar-refractivity contribution >= 4 is 34.7 Å². The summed E-state index contributed by atoms with van der Waals surface area (Å²) in [5, 5.41) is 1.32. The maximum absolute atomic E-state index is 6.00. The van der Waals surface area contributed by atoms with Crippen LogP contribution in [0.1, 0.15) is 0 Å². The smallest absolute Gasteiger partial charge is 0.179 e. The fraction of sp³-hybridized carbons (Fsp3) is 0. The van der Waals surface area contributed by atoms with Crippen LogP contribution in [0.15, 0.2) is 34.9 Å². The van der Waals surface area contributed by atoms with E-state index in [2.05, 4.69) is 14.3 Å². The van der Waals surface area contributed by atoms with E-state index in [1.54, 1.807) is 24.5 Å². The maximum atomic E-state index is 6.00. The largest absolute Gasteiger partial charge is 0.462 e. The first-order valence-corrected chi connectivity index (χ1v) is 6.47. The lowest BCUT2D eigenvalue weighted by molar-refractivity contribution is 0.582. The van der Waals surface area contributed by atoms with Crippen molar-refractivity contribution in [3.05, 3.63) is 40.8 Å². The van der Waals surface area contributed by atoms with E-state index < -0.39 is 0 Å². The predicted molar refractivity (Wildman–Crippen MR) is 70.9 cm³/mol. The molecule has 3 heterocycles. The summed E-state index contributed by atoms with van der Waals surface area (Å²) in [6.07, 6.45) is 1.59. The van der Waals surface area contributed by atoms with Crippen LogP contribution in [-0.2, 0) is 0 Å². The lowest BCUT2D eigenvalue weighted by atomic mass is 10.3. The number of hydrogen-bond acceptors (Lipinski definition) is 5. The molecule has 7 heteroatoms. The monoisotopic (exact) mass is 297 g/mol. The second-order valence-electron chi connectivity index (χ2n) is 3.37. The number of hydrogen-bond donors (Lipinski definition) is 0. The van der Waals surface area contributed by atoms with E-state index >= 15 is 0 Å². The Balaban J connectivity index is 2.03. The molecule has 0 amide bonds. The molecule has 0 aliphatic heterocycles. The molecule has 0 aromatic carbocycles. The summed E-state index contributed by atoms with van der Waals surface area (Å²) in [6.45, 7) is 0. The van der Waals surface area contributed by atoms with Gasteiger partial charge in [-0.05, 0) is 35.8 Å². The van der Waals surface area contributed by atoms with Crippen LogP contribution < -0.4 is 0 Å². The summed E-state index contributed by atoms with van der Waals surface area (Å²) >= 11 is 13.0. The molecular weight excluding hydrogens is 293 g/mol. The Bertz CT molecular complexity index is 681. The molecule has 0 aliphatic rings. The number of aromatic nitrogens is 3. The molecule has 0 bridgehead atoms. The summed E-state index contributed by atoms with van der Waals surface area (Å²) in [5.74, 6) is 1.19. The van der Waals surface area contributed by atoms with Crippen molar-refractivity contribution in [2.45, 2.75) is 0 Å². The standard InChI is InChI=1S/C11H5Cl2N3OS/c12-8-4-3-6(9(13)14-8)10-15-11(18-16-10)7-2-1-5-17-7/h1-5H. The van der Waals surface area contributed by atoms with Gasteiger partial charge in [0.2, 0.25) is 0 Å². The zero-order valence-electron chi connectivity index (χ0n) is 8.80. The van der Waals surface area contributed by atoms with Crippen molar-refractivity contribution in [1.29, 1.82) is 0 Å². The summed E-state index contributed by atoms with van der Waals surface area (Å²) in [4.78, 5) is 8.31. The third-order valence-corrected chi connectivity index (χ3v) is 3.44.